The topological polar surface area (TPSA) is 62.7 Å². The summed E-state index contributed by atoms with van der Waals surface area (Å²) in [5.41, 5.74) is 6.62. The first-order valence-corrected chi connectivity index (χ1v) is 13.1. The number of benzene rings is 2. The molecule has 0 saturated carbocycles. The van der Waals surface area contributed by atoms with Crippen molar-refractivity contribution in [2.75, 3.05) is 75.6 Å². The van der Waals surface area contributed by atoms with E-state index >= 15 is 0 Å². The number of nitrogens with zero attached hydrogens (tertiary/aromatic N) is 5. The number of hydrogen-bond acceptors (Lipinski definition) is 8. The molecule has 0 radical (unpaired) electrons. The van der Waals surface area contributed by atoms with Crippen molar-refractivity contribution in [2.45, 2.75) is 6.54 Å². The van der Waals surface area contributed by atoms with Gasteiger partial charge in [0, 0.05) is 49.7 Å². The second-order valence-electron chi connectivity index (χ2n) is 9.44. The number of rotatable bonds is 7. The summed E-state index contributed by atoms with van der Waals surface area (Å²) < 4.78 is 16.9. The van der Waals surface area contributed by atoms with E-state index in [9.17, 15) is 0 Å². The van der Waals surface area contributed by atoms with Crippen molar-refractivity contribution in [2.24, 2.45) is 4.99 Å². The Kier molecular flexibility index (Phi) is 7.30. The fourth-order valence-corrected chi connectivity index (χ4v) is 5.07. The number of ether oxygens (including phenoxy) is 3. The Morgan fingerprint density at radius 2 is 1.57 bits per heavy atom. The first-order chi connectivity index (χ1) is 18.3. The van der Waals surface area contributed by atoms with Gasteiger partial charge in [0.15, 0.2) is 0 Å². The average Bonchev–Trinajstić information content (AvgIpc) is 2.98. The Labute approximate surface area is 218 Å². The zero-order valence-corrected chi connectivity index (χ0v) is 21.1. The predicted octanol–water partition coefficient (Wildman–Crippen LogP) is 3.98. The maximum atomic E-state index is 5.98. The van der Waals surface area contributed by atoms with Crippen LogP contribution in [-0.2, 0) is 16.0 Å². The van der Waals surface area contributed by atoms with Crippen molar-refractivity contribution in [1.29, 1.82) is 0 Å². The highest BCUT2D eigenvalue weighted by Gasteiger charge is 2.21. The monoisotopic (exact) mass is 499 g/mol. The van der Waals surface area contributed by atoms with Crippen molar-refractivity contribution in [3.05, 3.63) is 66.4 Å². The molecule has 2 fully saturated rings. The molecule has 2 aromatic carbocycles. The number of morpholine rings is 2. The summed E-state index contributed by atoms with van der Waals surface area (Å²) in [6.45, 7) is 9.16. The highest BCUT2D eigenvalue weighted by molar-refractivity contribution is 5.98. The zero-order chi connectivity index (χ0) is 24.9. The molecule has 192 valence electrons. The van der Waals surface area contributed by atoms with Crippen LogP contribution in [0.2, 0.25) is 0 Å². The molecule has 0 spiro atoms. The van der Waals surface area contributed by atoms with E-state index in [0.717, 1.165) is 87.5 Å². The largest absolute Gasteiger partial charge is 0.491 e. The van der Waals surface area contributed by atoms with Crippen LogP contribution in [-0.4, -0.2) is 82.0 Å². The van der Waals surface area contributed by atoms with Crippen LogP contribution in [0.5, 0.6) is 5.75 Å². The second kappa shape index (κ2) is 11.3. The van der Waals surface area contributed by atoms with Crippen LogP contribution in [0.1, 0.15) is 5.56 Å². The summed E-state index contributed by atoms with van der Waals surface area (Å²) in [6.07, 6.45) is 3.76. The van der Waals surface area contributed by atoms with E-state index in [-0.39, 0.29) is 0 Å². The van der Waals surface area contributed by atoms with Gasteiger partial charge in [-0.05, 0) is 42.0 Å². The summed E-state index contributed by atoms with van der Waals surface area (Å²) >= 11 is 0. The van der Waals surface area contributed by atoms with Crippen molar-refractivity contribution in [1.82, 2.24) is 9.88 Å². The number of fused-ring (bicyclic) bond motifs is 1. The molecular weight excluding hydrogens is 466 g/mol. The highest BCUT2D eigenvalue weighted by Crippen LogP contribution is 2.39. The summed E-state index contributed by atoms with van der Waals surface area (Å²) in [5.74, 6) is 0.791. The summed E-state index contributed by atoms with van der Waals surface area (Å²) in [6, 6.07) is 19.1. The normalized spacial score (nSPS) is 18.1. The number of hydrogen-bond donors (Lipinski definition) is 0. The molecule has 0 unspecified atom stereocenters. The fraction of sp³-hybridized carbons (Fsp3) is 0.379. The number of aliphatic imine (C=N–C) groups is 1. The Bertz CT molecular complexity index is 1200. The quantitative estimate of drug-likeness (QED) is 0.487. The van der Waals surface area contributed by atoms with Crippen LogP contribution in [0.4, 0.5) is 17.1 Å². The Hall–Kier alpha value is -3.46. The first-order valence-electron chi connectivity index (χ1n) is 13.1. The third-order valence-electron chi connectivity index (χ3n) is 7.12. The number of para-hydroxylation sites is 1. The third kappa shape index (κ3) is 5.46. The molecule has 8 nitrogen and oxygen atoms in total. The second-order valence-corrected chi connectivity index (χ2v) is 9.44. The standard InChI is InChI=1S/C29H33N5O3/c1-2-23-20-30-22-34(25-6-4-24(5-7-25)33-13-17-36-18-14-33)29(23)27(3-1)28-9-8-26(21-31-28)37-19-12-32-10-15-35-16-11-32/h1-9,21-22H,10-20H2. The van der Waals surface area contributed by atoms with Crippen LogP contribution >= 0.6 is 0 Å². The van der Waals surface area contributed by atoms with E-state index < -0.39 is 0 Å². The van der Waals surface area contributed by atoms with E-state index in [4.69, 9.17) is 19.2 Å². The maximum Gasteiger partial charge on any atom is 0.137 e. The lowest BCUT2D eigenvalue weighted by Gasteiger charge is -2.31. The van der Waals surface area contributed by atoms with Gasteiger partial charge in [-0.1, -0.05) is 18.2 Å². The van der Waals surface area contributed by atoms with Crippen molar-refractivity contribution in [3.8, 4) is 17.0 Å². The minimum atomic E-state index is 0.645. The number of pyridine rings is 1. The van der Waals surface area contributed by atoms with Gasteiger partial charge < -0.3 is 24.0 Å². The molecule has 1 aromatic heterocycles. The molecule has 0 bridgehead atoms. The fourth-order valence-electron chi connectivity index (χ4n) is 5.07. The lowest BCUT2D eigenvalue weighted by atomic mass is 10.0. The van der Waals surface area contributed by atoms with E-state index in [1.807, 2.05) is 24.7 Å². The molecule has 8 heteroatoms. The minimum absolute atomic E-state index is 0.645. The Balaban J connectivity index is 1.19. The molecule has 4 heterocycles. The van der Waals surface area contributed by atoms with Crippen molar-refractivity contribution in [3.63, 3.8) is 0 Å². The lowest BCUT2D eigenvalue weighted by molar-refractivity contribution is 0.0322. The van der Waals surface area contributed by atoms with Gasteiger partial charge in [-0.15, -0.1) is 0 Å². The number of aromatic nitrogens is 1. The molecule has 3 aliphatic rings. The van der Waals surface area contributed by atoms with Crippen LogP contribution in [0.3, 0.4) is 0 Å². The van der Waals surface area contributed by atoms with Gasteiger partial charge in [-0.3, -0.25) is 14.9 Å². The molecule has 0 amide bonds. The predicted molar refractivity (Wildman–Crippen MR) is 146 cm³/mol. The average molecular weight is 500 g/mol. The smallest absolute Gasteiger partial charge is 0.137 e. The van der Waals surface area contributed by atoms with E-state index in [1.165, 1.54) is 11.3 Å². The molecule has 3 aromatic rings. The molecule has 0 atom stereocenters. The SMILES string of the molecule is C1=NCc2cccc(-c3ccc(OCCN4CCOCC4)cn3)c2N1c1ccc(N2CCOCC2)cc1. The van der Waals surface area contributed by atoms with Gasteiger partial charge in [0.2, 0.25) is 0 Å². The van der Waals surface area contributed by atoms with Gasteiger partial charge in [0.25, 0.3) is 0 Å². The molecule has 2 saturated heterocycles. The maximum absolute atomic E-state index is 5.98. The lowest BCUT2D eigenvalue weighted by Crippen LogP contribution is -2.38. The summed E-state index contributed by atoms with van der Waals surface area (Å²) in [7, 11) is 0. The Morgan fingerprint density at radius 3 is 2.32 bits per heavy atom. The molecule has 6 rings (SSSR count). The van der Waals surface area contributed by atoms with Crippen LogP contribution in [0.15, 0.2) is 65.8 Å². The van der Waals surface area contributed by atoms with E-state index in [2.05, 4.69) is 62.2 Å². The molecule has 0 N–H and O–H groups in total. The minimum Gasteiger partial charge on any atom is -0.491 e. The van der Waals surface area contributed by atoms with Crippen molar-refractivity contribution >= 4 is 23.4 Å². The van der Waals surface area contributed by atoms with Crippen molar-refractivity contribution < 1.29 is 14.2 Å². The summed E-state index contributed by atoms with van der Waals surface area (Å²) in [4.78, 5) is 16.3. The zero-order valence-electron chi connectivity index (χ0n) is 21.1. The molecule has 3 aliphatic heterocycles. The van der Waals surface area contributed by atoms with Crippen LogP contribution in [0.25, 0.3) is 11.3 Å². The Morgan fingerprint density at radius 1 is 0.811 bits per heavy atom. The van der Waals surface area contributed by atoms with Crippen LogP contribution < -0.4 is 14.5 Å². The third-order valence-corrected chi connectivity index (χ3v) is 7.12. The van der Waals surface area contributed by atoms with Crippen LogP contribution in [0, 0.1) is 0 Å². The van der Waals surface area contributed by atoms with E-state index in [1.54, 1.807) is 0 Å². The first kappa shape index (κ1) is 23.9. The van der Waals surface area contributed by atoms with E-state index in [0.29, 0.717) is 13.2 Å². The van der Waals surface area contributed by atoms with Gasteiger partial charge in [-0.25, -0.2) is 0 Å². The molecule has 37 heavy (non-hydrogen) atoms. The summed E-state index contributed by atoms with van der Waals surface area (Å²) in [5, 5.41) is 0. The molecular formula is C29H33N5O3. The molecule has 0 aliphatic carbocycles. The number of anilines is 3. The highest BCUT2D eigenvalue weighted by atomic mass is 16.5. The van der Waals surface area contributed by atoms with Gasteiger partial charge >= 0.3 is 0 Å². The van der Waals surface area contributed by atoms with Gasteiger partial charge in [0.1, 0.15) is 12.4 Å². The van der Waals surface area contributed by atoms with Gasteiger partial charge in [-0.2, -0.15) is 0 Å². The van der Waals surface area contributed by atoms with Gasteiger partial charge in [0.05, 0.1) is 56.9 Å².